The van der Waals surface area contributed by atoms with E-state index < -0.39 is 5.60 Å². The van der Waals surface area contributed by atoms with E-state index in [0.717, 1.165) is 22.3 Å². The summed E-state index contributed by atoms with van der Waals surface area (Å²) >= 11 is 0. The van der Waals surface area contributed by atoms with E-state index in [9.17, 15) is 9.59 Å². The van der Waals surface area contributed by atoms with Crippen molar-refractivity contribution in [3.63, 3.8) is 0 Å². The van der Waals surface area contributed by atoms with Crippen LogP contribution in [0.4, 0.5) is 4.79 Å². The second-order valence-electron chi connectivity index (χ2n) is 9.32. The van der Waals surface area contributed by atoms with Crippen LogP contribution in [0.3, 0.4) is 0 Å². The summed E-state index contributed by atoms with van der Waals surface area (Å²) in [5.74, 6) is 0.830. The molecule has 1 atom stereocenters. The predicted octanol–water partition coefficient (Wildman–Crippen LogP) is 3.65. The van der Waals surface area contributed by atoms with Gasteiger partial charge in [0.25, 0.3) is 0 Å². The van der Waals surface area contributed by atoms with Crippen LogP contribution in [0.1, 0.15) is 44.6 Å². The smallest absolute Gasteiger partial charge is 0.410 e. The Morgan fingerprint density at radius 2 is 2.03 bits per heavy atom. The summed E-state index contributed by atoms with van der Waals surface area (Å²) in [7, 11) is 1.91. The lowest BCUT2D eigenvalue weighted by molar-refractivity contribution is -0.136. The molecule has 0 aliphatic carbocycles. The van der Waals surface area contributed by atoms with E-state index >= 15 is 0 Å². The summed E-state index contributed by atoms with van der Waals surface area (Å²) in [6, 6.07) is 7.95. The van der Waals surface area contributed by atoms with Crippen LogP contribution in [0, 0.1) is 0 Å². The molecule has 1 N–H and O–H groups in total. The van der Waals surface area contributed by atoms with Gasteiger partial charge >= 0.3 is 6.09 Å². The van der Waals surface area contributed by atoms with Gasteiger partial charge in [-0.05, 0) is 56.3 Å². The number of hydrogen-bond donors (Lipinski definition) is 1. The van der Waals surface area contributed by atoms with Gasteiger partial charge in [-0.3, -0.25) is 4.79 Å². The van der Waals surface area contributed by atoms with Crippen molar-refractivity contribution in [1.29, 1.82) is 0 Å². The number of nitrogens with zero attached hydrogens (tertiary/aromatic N) is 4. The summed E-state index contributed by atoms with van der Waals surface area (Å²) in [6.45, 7) is 6.81. The normalized spacial score (nSPS) is 17.1. The number of benzene rings is 1. The first kappa shape index (κ1) is 21.9. The molecule has 170 valence electrons. The number of carbonyl (C=O) groups is 2. The molecule has 2 amide bonds. The third kappa shape index (κ3) is 4.79. The number of aryl methyl sites for hydroxylation is 2. The van der Waals surface area contributed by atoms with Gasteiger partial charge in [0.15, 0.2) is 0 Å². The van der Waals surface area contributed by atoms with Crippen LogP contribution in [0.15, 0.2) is 42.9 Å². The van der Waals surface area contributed by atoms with Crippen LogP contribution >= 0.6 is 0 Å². The van der Waals surface area contributed by atoms with E-state index in [1.165, 1.54) is 0 Å². The molecule has 1 fully saturated rings. The molecule has 0 bridgehead atoms. The monoisotopic (exact) mass is 437 g/mol. The van der Waals surface area contributed by atoms with Gasteiger partial charge in [-0.15, -0.1) is 0 Å². The highest BCUT2D eigenvalue weighted by Crippen LogP contribution is 2.27. The van der Waals surface area contributed by atoms with E-state index in [1.54, 1.807) is 11.1 Å². The fourth-order valence-corrected chi connectivity index (χ4v) is 4.15. The number of hydrogen-bond acceptors (Lipinski definition) is 4. The summed E-state index contributed by atoms with van der Waals surface area (Å²) in [4.78, 5) is 37.1. The number of fused-ring (bicyclic) bond motifs is 1. The molecule has 0 spiro atoms. The Morgan fingerprint density at radius 3 is 2.75 bits per heavy atom. The van der Waals surface area contributed by atoms with E-state index in [4.69, 9.17) is 4.74 Å². The molecule has 0 radical (unpaired) electrons. The van der Waals surface area contributed by atoms with E-state index in [2.05, 4.69) is 22.1 Å². The number of rotatable bonds is 4. The molecule has 1 aliphatic heterocycles. The minimum atomic E-state index is -0.566. The number of nitrogens with one attached hydrogen (secondary N) is 1. The number of ether oxygens (including phenoxy) is 1. The summed E-state index contributed by atoms with van der Waals surface area (Å²) in [5.41, 5.74) is 1.66. The van der Waals surface area contributed by atoms with Gasteiger partial charge in [0, 0.05) is 50.7 Å². The van der Waals surface area contributed by atoms with Crippen LogP contribution < -0.4 is 0 Å². The van der Waals surface area contributed by atoms with Gasteiger partial charge < -0.3 is 24.1 Å². The Labute approximate surface area is 188 Å². The minimum Gasteiger partial charge on any atom is -0.444 e. The minimum absolute atomic E-state index is 0.0657. The average molecular weight is 438 g/mol. The molecule has 3 heterocycles. The predicted molar refractivity (Wildman–Crippen MR) is 122 cm³/mol. The van der Waals surface area contributed by atoms with Gasteiger partial charge in [-0.2, -0.15) is 0 Å². The van der Waals surface area contributed by atoms with Crippen molar-refractivity contribution in [3.05, 3.63) is 54.2 Å². The van der Waals surface area contributed by atoms with E-state index in [0.29, 0.717) is 32.5 Å². The van der Waals surface area contributed by atoms with Crippen LogP contribution in [0.25, 0.3) is 10.9 Å². The number of carbonyl (C=O) groups excluding carboxylic acids is 2. The molecule has 1 aliphatic rings. The Bertz CT molecular complexity index is 1110. The fourth-order valence-electron chi connectivity index (χ4n) is 4.15. The summed E-state index contributed by atoms with van der Waals surface area (Å²) < 4.78 is 7.46. The largest absolute Gasteiger partial charge is 0.444 e. The first-order valence-corrected chi connectivity index (χ1v) is 11.0. The van der Waals surface area contributed by atoms with Crippen molar-refractivity contribution in [1.82, 2.24) is 24.3 Å². The SMILES string of the molecule is Cn1ccnc1C1CN(C(=O)OC(C)(C)C)CCN1C(=O)CCc1ccc2[nH]ccc2c1. The number of H-pyrrole nitrogens is 1. The molecule has 1 saturated heterocycles. The van der Waals surface area contributed by atoms with Gasteiger partial charge in [-0.1, -0.05) is 6.07 Å². The van der Waals surface area contributed by atoms with Gasteiger partial charge in [0.1, 0.15) is 17.5 Å². The van der Waals surface area contributed by atoms with Crippen molar-refractivity contribution < 1.29 is 14.3 Å². The molecule has 1 unspecified atom stereocenters. The van der Waals surface area contributed by atoms with Crippen molar-refractivity contribution in [2.45, 2.75) is 45.3 Å². The summed E-state index contributed by atoms with van der Waals surface area (Å²) in [5, 5.41) is 1.15. The van der Waals surface area contributed by atoms with Crippen LogP contribution in [-0.2, 0) is 23.0 Å². The Kier molecular flexibility index (Phi) is 5.95. The highest BCUT2D eigenvalue weighted by molar-refractivity contribution is 5.81. The van der Waals surface area contributed by atoms with Gasteiger partial charge in [0.2, 0.25) is 5.91 Å². The fraction of sp³-hybridized carbons (Fsp3) is 0.458. The van der Waals surface area contributed by atoms with Crippen molar-refractivity contribution in [2.75, 3.05) is 19.6 Å². The molecular formula is C24H31N5O3. The topological polar surface area (TPSA) is 83.5 Å². The Morgan fingerprint density at radius 1 is 1.22 bits per heavy atom. The zero-order valence-corrected chi connectivity index (χ0v) is 19.2. The molecular weight excluding hydrogens is 406 g/mol. The van der Waals surface area contributed by atoms with Crippen molar-refractivity contribution in [2.24, 2.45) is 7.05 Å². The maximum Gasteiger partial charge on any atom is 0.410 e. The number of imidazole rings is 1. The van der Waals surface area contributed by atoms with E-state index in [1.807, 2.05) is 61.8 Å². The lowest BCUT2D eigenvalue weighted by atomic mass is 10.1. The van der Waals surface area contributed by atoms with Gasteiger partial charge in [0.05, 0.1) is 6.54 Å². The molecule has 2 aromatic heterocycles. The van der Waals surface area contributed by atoms with Crippen molar-refractivity contribution in [3.8, 4) is 0 Å². The second-order valence-corrected chi connectivity index (χ2v) is 9.32. The maximum absolute atomic E-state index is 13.3. The molecule has 1 aromatic carbocycles. The van der Waals surface area contributed by atoms with Crippen molar-refractivity contribution >= 4 is 22.9 Å². The highest BCUT2D eigenvalue weighted by Gasteiger charge is 2.36. The Balaban J connectivity index is 1.47. The lowest BCUT2D eigenvalue weighted by Crippen LogP contribution is -2.53. The Hall–Kier alpha value is -3.29. The third-order valence-electron chi connectivity index (χ3n) is 5.75. The molecule has 8 nitrogen and oxygen atoms in total. The molecule has 4 rings (SSSR count). The first-order valence-electron chi connectivity index (χ1n) is 11.0. The number of amides is 2. The standard InChI is InChI=1S/C24H31N5O3/c1-24(2,3)32-23(31)28-13-14-29(20(16-28)22-26-11-12-27(22)4)21(30)8-6-17-5-7-19-18(15-17)9-10-25-19/h5,7,9-12,15,20,25H,6,8,13-14,16H2,1-4H3. The lowest BCUT2D eigenvalue weighted by Gasteiger charge is -2.41. The third-order valence-corrected chi connectivity index (χ3v) is 5.75. The second kappa shape index (κ2) is 8.68. The molecule has 8 heteroatoms. The van der Waals surface area contributed by atoms with Crippen LogP contribution in [-0.4, -0.2) is 61.6 Å². The van der Waals surface area contributed by atoms with Gasteiger partial charge in [-0.25, -0.2) is 9.78 Å². The molecule has 3 aromatic rings. The van der Waals surface area contributed by atoms with E-state index in [-0.39, 0.29) is 18.0 Å². The number of piperazine rings is 1. The molecule has 32 heavy (non-hydrogen) atoms. The zero-order chi connectivity index (χ0) is 22.9. The van der Waals surface area contributed by atoms with Crippen LogP contribution in [0.5, 0.6) is 0 Å². The number of aromatic nitrogens is 3. The quantitative estimate of drug-likeness (QED) is 0.675. The molecule has 0 saturated carbocycles. The highest BCUT2D eigenvalue weighted by atomic mass is 16.6. The van der Waals surface area contributed by atoms with Crippen LogP contribution in [0.2, 0.25) is 0 Å². The first-order chi connectivity index (χ1) is 15.2. The zero-order valence-electron chi connectivity index (χ0n) is 19.2. The summed E-state index contributed by atoms with van der Waals surface area (Å²) in [6.07, 6.45) is 6.21. The average Bonchev–Trinajstić information content (AvgIpc) is 3.38. The maximum atomic E-state index is 13.3. The number of aromatic amines is 1.